The van der Waals surface area contributed by atoms with Crippen molar-refractivity contribution in [1.29, 1.82) is 0 Å². The van der Waals surface area contributed by atoms with Crippen LogP contribution in [0.4, 0.5) is 4.79 Å². The number of nitrogens with zero attached hydrogens (tertiary/aromatic N) is 1. The standard InChI is InChI=1S/C14H12N2O6S/c15-11(17)7-22-9-3-1-8(2-4-9)5-10-13(20)16(6-12(18)19)14(21)23-10/h1-5H,6-7H2,(H2,15,17)(H,18,19). The molecule has 1 fully saturated rings. The van der Waals surface area contributed by atoms with E-state index in [1.807, 2.05) is 0 Å². The van der Waals surface area contributed by atoms with Crippen molar-refractivity contribution >= 4 is 40.9 Å². The van der Waals surface area contributed by atoms with Crippen molar-refractivity contribution in [2.75, 3.05) is 13.2 Å². The van der Waals surface area contributed by atoms with Gasteiger partial charge in [-0.2, -0.15) is 0 Å². The van der Waals surface area contributed by atoms with Crippen LogP contribution >= 0.6 is 11.8 Å². The molecule has 3 N–H and O–H groups in total. The van der Waals surface area contributed by atoms with Crippen LogP contribution in [0.3, 0.4) is 0 Å². The fourth-order valence-electron chi connectivity index (χ4n) is 1.74. The first-order valence-corrected chi connectivity index (χ1v) is 7.17. The van der Waals surface area contributed by atoms with E-state index in [0.29, 0.717) is 28.0 Å². The highest BCUT2D eigenvalue weighted by atomic mass is 32.2. The van der Waals surface area contributed by atoms with Crippen molar-refractivity contribution < 1.29 is 29.0 Å². The third-order valence-corrected chi connectivity index (χ3v) is 3.63. The molecule has 0 bridgehead atoms. The van der Waals surface area contributed by atoms with E-state index in [1.165, 1.54) is 6.08 Å². The number of primary amides is 1. The normalized spacial score (nSPS) is 16.0. The van der Waals surface area contributed by atoms with Crippen molar-refractivity contribution in [3.63, 3.8) is 0 Å². The molecule has 1 aliphatic rings. The average molecular weight is 336 g/mol. The lowest BCUT2D eigenvalue weighted by Crippen LogP contribution is -2.33. The fraction of sp³-hybridized carbons (Fsp3) is 0.143. The SMILES string of the molecule is NC(=O)COc1ccc(C=C2SC(=O)N(CC(=O)O)C2=O)cc1. The third kappa shape index (κ3) is 4.33. The van der Waals surface area contributed by atoms with E-state index in [-0.39, 0.29) is 11.5 Å². The Kier molecular flexibility index (Phi) is 5.02. The summed E-state index contributed by atoms with van der Waals surface area (Å²) in [7, 11) is 0. The first-order chi connectivity index (χ1) is 10.9. The third-order valence-electron chi connectivity index (χ3n) is 2.73. The highest BCUT2D eigenvalue weighted by molar-refractivity contribution is 8.18. The Morgan fingerprint density at radius 1 is 1.26 bits per heavy atom. The monoisotopic (exact) mass is 336 g/mol. The number of hydrogen-bond donors (Lipinski definition) is 2. The van der Waals surface area contributed by atoms with Gasteiger partial charge in [0.25, 0.3) is 17.1 Å². The molecule has 0 aliphatic carbocycles. The maximum absolute atomic E-state index is 12.0. The lowest BCUT2D eigenvalue weighted by atomic mass is 10.2. The maximum atomic E-state index is 12.0. The molecule has 9 heteroatoms. The first kappa shape index (κ1) is 16.6. The van der Waals surface area contributed by atoms with E-state index >= 15 is 0 Å². The number of aliphatic carboxylic acids is 1. The second kappa shape index (κ2) is 6.97. The molecule has 8 nitrogen and oxygen atoms in total. The Morgan fingerprint density at radius 2 is 1.91 bits per heavy atom. The van der Waals surface area contributed by atoms with E-state index in [9.17, 15) is 19.2 Å². The number of hydrogen-bond acceptors (Lipinski definition) is 6. The van der Waals surface area contributed by atoms with Gasteiger partial charge in [0.15, 0.2) is 6.61 Å². The van der Waals surface area contributed by atoms with Crippen LogP contribution in [0.5, 0.6) is 5.75 Å². The number of amides is 3. The highest BCUT2D eigenvalue weighted by Gasteiger charge is 2.36. The molecule has 120 valence electrons. The van der Waals surface area contributed by atoms with Gasteiger partial charge in [0, 0.05) is 0 Å². The van der Waals surface area contributed by atoms with Gasteiger partial charge >= 0.3 is 5.97 Å². The average Bonchev–Trinajstić information content (AvgIpc) is 2.74. The molecule has 0 atom stereocenters. The first-order valence-electron chi connectivity index (χ1n) is 6.35. The second-order valence-electron chi connectivity index (χ2n) is 4.49. The van der Waals surface area contributed by atoms with E-state index < -0.39 is 29.6 Å². The fourth-order valence-corrected chi connectivity index (χ4v) is 2.58. The Hall–Kier alpha value is -2.81. The molecule has 0 saturated carbocycles. The van der Waals surface area contributed by atoms with Gasteiger partial charge in [0.1, 0.15) is 12.3 Å². The van der Waals surface area contributed by atoms with Crippen LogP contribution in [0.15, 0.2) is 29.2 Å². The maximum Gasteiger partial charge on any atom is 0.323 e. The van der Waals surface area contributed by atoms with Crippen LogP contribution in [-0.2, 0) is 14.4 Å². The largest absolute Gasteiger partial charge is 0.484 e. The minimum Gasteiger partial charge on any atom is -0.484 e. The molecular formula is C14H12N2O6S. The predicted molar refractivity (Wildman–Crippen MR) is 81.4 cm³/mol. The minimum atomic E-state index is -1.26. The summed E-state index contributed by atoms with van der Waals surface area (Å²) >= 11 is 0.680. The molecule has 23 heavy (non-hydrogen) atoms. The molecule has 0 aromatic heterocycles. The van der Waals surface area contributed by atoms with Crippen molar-refractivity contribution in [1.82, 2.24) is 4.90 Å². The second-order valence-corrected chi connectivity index (χ2v) is 5.48. The topological polar surface area (TPSA) is 127 Å². The summed E-state index contributed by atoms with van der Waals surface area (Å²) in [5.41, 5.74) is 5.59. The van der Waals surface area contributed by atoms with Crippen LogP contribution in [0.25, 0.3) is 6.08 Å². The lowest BCUT2D eigenvalue weighted by Gasteiger charge is -2.07. The molecule has 0 unspecified atom stereocenters. The number of imide groups is 1. The minimum absolute atomic E-state index is 0.141. The van der Waals surface area contributed by atoms with E-state index in [4.69, 9.17) is 15.6 Å². The number of rotatable bonds is 6. The van der Waals surface area contributed by atoms with Gasteiger partial charge in [-0.05, 0) is 35.5 Å². The summed E-state index contributed by atoms with van der Waals surface area (Å²) < 4.78 is 5.10. The molecule has 1 heterocycles. The van der Waals surface area contributed by atoms with Crippen LogP contribution in [0.2, 0.25) is 0 Å². The molecule has 1 aromatic rings. The summed E-state index contributed by atoms with van der Waals surface area (Å²) in [6.07, 6.45) is 1.48. The smallest absolute Gasteiger partial charge is 0.323 e. The van der Waals surface area contributed by atoms with Gasteiger partial charge in [-0.15, -0.1) is 0 Å². The number of carboxylic acid groups (broad SMARTS) is 1. The number of carbonyl (C=O) groups is 4. The molecule has 3 amide bonds. The molecule has 1 aliphatic heterocycles. The molecule has 1 aromatic carbocycles. The quantitative estimate of drug-likeness (QED) is 0.731. The van der Waals surface area contributed by atoms with E-state index in [2.05, 4.69) is 0 Å². The molecule has 1 saturated heterocycles. The number of nitrogens with two attached hydrogens (primary N) is 1. The summed E-state index contributed by atoms with van der Waals surface area (Å²) in [6.45, 7) is -0.907. The molecule has 2 rings (SSSR count). The number of thioether (sulfide) groups is 1. The summed E-state index contributed by atoms with van der Waals surface area (Å²) in [6, 6.07) is 6.41. The Bertz CT molecular complexity index is 698. The number of carbonyl (C=O) groups excluding carboxylic acids is 3. The van der Waals surface area contributed by atoms with Gasteiger partial charge < -0.3 is 15.6 Å². The summed E-state index contributed by atoms with van der Waals surface area (Å²) in [4.78, 5) is 45.7. The zero-order chi connectivity index (χ0) is 17.0. The number of carboxylic acids is 1. The van der Waals surface area contributed by atoms with Gasteiger partial charge in [-0.3, -0.25) is 24.1 Å². The number of ether oxygens (including phenoxy) is 1. The van der Waals surface area contributed by atoms with Crippen molar-refractivity contribution in [3.8, 4) is 5.75 Å². The van der Waals surface area contributed by atoms with Crippen molar-refractivity contribution in [3.05, 3.63) is 34.7 Å². The highest BCUT2D eigenvalue weighted by Crippen LogP contribution is 2.32. The van der Waals surface area contributed by atoms with Gasteiger partial charge in [0.05, 0.1) is 4.91 Å². The van der Waals surface area contributed by atoms with Gasteiger partial charge in [-0.1, -0.05) is 12.1 Å². The van der Waals surface area contributed by atoms with E-state index in [0.717, 1.165) is 0 Å². The molecular weight excluding hydrogens is 324 g/mol. The van der Waals surface area contributed by atoms with Crippen molar-refractivity contribution in [2.45, 2.75) is 0 Å². The van der Waals surface area contributed by atoms with Crippen LogP contribution in [0, 0.1) is 0 Å². The Morgan fingerprint density at radius 3 is 2.48 bits per heavy atom. The lowest BCUT2D eigenvalue weighted by molar-refractivity contribution is -0.140. The molecule has 0 radical (unpaired) electrons. The van der Waals surface area contributed by atoms with Crippen LogP contribution < -0.4 is 10.5 Å². The van der Waals surface area contributed by atoms with Crippen molar-refractivity contribution in [2.24, 2.45) is 5.73 Å². The van der Waals surface area contributed by atoms with E-state index in [1.54, 1.807) is 24.3 Å². The van der Waals surface area contributed by atoms with Gasteiger partial charge in [-0.25, -0.2) is 0 Å². The van der Waals surface area contributed by atoms with Crippen LogP contribution in [-0.4, -0.2) is 46.2 Å². The zero-order valence-electron chi connectivity index (χ0n) is 11.7. The Labute approximate surface area is 134 Å². The summed E-state index contributed by atoms with van der Waals surface area (Å²) in [5.74, 6) is -2.07. The zero-order valence-corrected chi connectivity index (χ0v) is 12.5. The van der Waals surface area contributed by atoms with Crippen LogP contribution in [0.1, 0.15) is 5.56 Å². The molecule has 0 spiro atoms. The Balaban J connectivity index is 2.09. The summed E-state index contributed by atoms with van der Waals surface area (Å²) in [5, 5.41) is 8.06. The van der Waals surface area contributed by atoms with Gasteiger partial charge in [0.2, 0.25) is 0 Å². The predicted octanol–water partition coefficient (Wildman–Crippen LogP) is 0.672. The number of benzene rings is 1.